The second-order valence-electron chi connectivity index (χ2n) is 12.4. The summed E-state index contributed by atoms with van der Waals surface area (Å²) in [5.74, 6) is -1.32. The van der Waals surface area contributed by atoms with Gasteiger partial charge in [-0.1, -0.05) is 155 Å². The highest BCUT2D eigenvalue weighted by Gasteiger charge is 2.16. The maximum atomic E-state index is 10.5. The van der Waals surface area contributed by atoms with E-state index in [1.54, 1.807) is 0 Å². The average molecular weight is 525 g/mol. The molecule has 0 heterocycles. The monoisotopic (exact) mass is 524 g/mol. The molecule has 0 bridgehead atoms. The summed E-state index contributed by atoms with van der Waals surface area (Å²) in [5, 5.41) is 17.3. The zero-order valence-corrected chi connectivity index (χ0v) is 25.0. The van der Waals surface area contributed by atoms with Gasteiger partial charge in [0.25, 0.3) is 0 Å². The van der Waals surface area contributed by atoms with Gasteiger partial charge in [-0.15, -0.1) is 0 Å². The van der Waals surface area contributed by atoms with Gasteiger partial charge < -0.3 is 10.2 Å². The van der Waals surface area contributed by atoms with Crippen molar-refractivity contribution in [2.45, 2.75) is 194 Å². The highest BCUT2D eigenvalue weighted by atomic mass is 16.4. The third kappa shape index (κ3) is 31.1. The number of carboxylic acids is 2. The van der Waals surface area contributed by atoms with Gasteiger partial charge in [-0.2, -0.15) is 0 Å². The van der Waals surface area contributed by atoms with E-state index in [-0.39, 0.29) is 0 Å². The smallest absolute Gasteiger partial charge is 0.303 e. The molecule has 0 saturated heterocycles. The largest absolute Gasteiger partial charge is 0.481 e. The molecule has 0 spiro atoms. The molecular formula is C33H64O4. The lowest BCUT2D eigenvalue weighted by Gasteiger charge is -2.24. The van der Waals surface area contributed by atoms with Gasteiger partial charge >= 0.3 is 11.9 Å². The second-order valence-corrected chi connectivity index (χ2v) is 12.4. The van der Waals surface area contributed by atoms with E-state index in [1.807, 2.05) is 0 Å². The van der Waals surface area contributed by atoms with E-state index in [0.29, 0.717) is 18.3 Å². The summed E-state index contributed by atoms with van der Waals surface area (Å²) >= 11 is 0. The summed E-state index contributed by atoms with van der Waals surface area (Å²) < 4.78 is 0. The van der Waals surface area contributed by atoms with Gasteiger partial charge in [-0.05, 0) is 31.1 Å². The predicted octanol–water partition coefficient (Wildman–Crippen LogP) is 11.1. The van der Waals surface area contributed by atoms with E-state index >= 15 is 0 Å². The zero-order valence-electron chi connectivity index (χ0n) is 25.0. The molecule has 0 aromatic carbocycles. The topological polar surface area (TPSA) is 74.6 Å². The fourth-order valence-corrected chi connectivity index (χ4v) is 5.42. The summed E-state index contributed by atoms with van der Waals surface area (Å²) in [6.07, 6.45) is 34.2. The normalized spacial score (nSPS) is 11.7. The van der Waals surface area contributed by atoms with Crippen LogP contribution in [0, 0.1) is 5.41 Å². The number of unbranched alkanes of at least 4 members (excludes halogenated alkanes) is 22. The molecule has 0 atom stereocenters. The van der Waals surface area contributed by atoms with Crippen LogP contribution in [0.15, 0.2) is 0 Å². The number of carbonyl (C=O) groups is 2. The molecule has 0 amide bonds. The van der Waals surface area contributed by atoms with Crippen molar-refractivity contribution >= 4 is 11.9 Å². The Kier molecular flexibility index (Phi) is 25.8. The molecule has 2 N–H and O–H groups in total. The van der Waals surface area contributed by atoms with Crippen molar-refractivity contribution in [1.29, 1.82) is 0 Å². The Morgan fingerprint density at radius 2 is 0.568 bits per heavy atom. The summed E-state index contributed by atoms with van der Waals surface area (Å²) in [6, 6.07) is 0. The van der Waals surface area contributed by atoms with Crippen LogP contribution in [-0.2, 0) is 9.59 Å². The summed E-state index contributed by atoms with van der Waals surface area (Å²) in [4.78, 5) is 21.0. The van der Waals surface area contributed by atoms with Gasteiger partial charge in [0.15, 0.2) is 0 Å². The summed E-state index contributed by atoms with van der Waals surface area (Å²) in [5.41, 5.74) is 0.509. The van der Waals surface area contributed by atoms with Crippen LogP contribution in [0.3, 0.4) is 0 Å². The standard InChI is InChI=1S/C33H64O4/c1-33(2,29-25-21-17-13-9-5-3-7-11-15-19-23-27-31(34)35)30-26-22-18-14-10-6-4-8-12-16-20-24-28-32(36)37/h3-30H2,1-2H3,(H,34,35)(H,36,37). The fourth-order valence-electron chi connectivity index (χ4n) is 5.42. The number of hydrogen-bond acceptors (Lipinski definition) is 2. The predicted molar refractivity (Wildman–Crippen MR) is 158 cm³/mol. The quantitative estimate of drug-likeness (QED) is 0.0916. The molecule has 0 radical (unpaired) electrons. The van der Waals surface area contributed by atoms with Crippen LogP contribution in [0.4, 0.5) is 0 Å². The third-order valence-corrected chi connectivity index (χ3v) is 7.99. The molecule has 4 nitrogen and oxygen atoms in total. The molecular weight excluding hydrogens is 460 g/mol. The molecule has 0 saturated carbocycles. The van der Waals surface area contributed by atoms with Gasteiger partial charge in [0, 0.05) is 12.8 Å². The van der Waals surface area contributed by atoms with E-state index in [1.165, 1.54) is 141 Å². The van der Waals surface area contributed by atoms with E-state index in [2.05, 4.69) is 13.8 Å². The Balaban J connectivity index is 3.30. The molecule has 4 heteroatoms. The maximum absolute atomic E-state index is 10.5. The minimum absolute atomic E-state index is 0.334. The molecule has 0 aliphatic heterocycles. The first-order valence-electron chi connectivity index (χ1n) is 16.3. The van der Waals surface area contributed by atoms with E-state index in [4.69, 9.17) is 10.2 Å². The lowest BCUT2D eigenvalue weighted by atomic mass is 9.81. The minimum Gasteiger partial charge on any atom is -0.481 e. The van der Waals surface area contributed by atoms with Crippen LogP contribution < -0.4 is 0 Å². The van der Waals surface area contributed by atoms with E-state index in [0.717, 1.165) is 25.7 Å². The van der Waals surface area contributed by atoms with E-state index in [9.17, 15) is 9.59 Å². The number of aliphatic carboxylic acids is 2. The van der Waals surface area contributed by atoms with Gasteiger partial charge in [-0.3, -0.25) is 9.59 Å². The van der Waals surface area contributed by atoms with E-state index < -0.39 is 11.9 Å². The van der Waals surface area contributed by atoms with Gasteiger partial charge in [0.1, 0.15) is 0 Å². The van der Waals surface area contributed by atoms with Crippen LogP contribution in [-0.4, -0.2) is 22.2 Å². The zero-order chi connectivity index (χ0) is 27.5. The van der Waals surface area contributed by atoms with Crippen LogP contribution >= 0.6 is 0 Å². The highest BCUT2D eigenvalue weighted by molar-refractivity contribution is 5.66. The lowest BCUT2D eigenvalue weighted by molar-refractivity contribution is -0.138. The Labute approximate surface area is 230 Å². The minimum atomic E-state index is -0.659. The fraction of sp³-hybridized carbons (Fsp3) is 0.939. The molecule has 0 aliphatic rings. The van der Waals surface area contributed by atoms with Gasteiger partial charge in [0.05, 0.1) is 0 Å². The Morgan fingerprint density at radius 3 is 0.784 bits per heavy atom. The van der Waals surface area contributed by atoms with Gasteiger partial charge in [0.2, 0.25) is 0 Å². The van der Waals surface area contributed by atoms with Crippen molar-refractivity contribution in [3.05, 3.63) is 0 Å². The van der Waals surface area contributed by atoms with Crippen molar-refractivity contribution in [3.63, 3.8) is 0 Å². The van der Waals surface area contributed by atoms with Gasteiger partial charge in [-0.25, -0.2) is 0 Å². The van der Waals surface area contributed by atoms with Crippen molar-refractivity contribution in [2.75, 3.05) is 0 Å². The Morgan fingerprint density at radius 1 is 0.378 bits per heavy atom. The van der Waals surface area contributed by atoms with Crippen molar-refractivity contribution < 1.29 is 19.8 Å². The van der Waals surface area contributed by atoms with Crippen LogP contribution in [0.5, 0.6) is 0 Å². The maximum Gasteiger partial charge on any atom is 0.303 e. The highest BCUT2D eigenvalue weighted by Crippen LogP contribution is 2.30. The Hall–Kier alpha value is -1.06. The third-order valence-electron chi connectivity index (χ3n) is 7.99. The van der Waals surface area contributed by atoms with Crippen LogP contribution in [0.25, 0.3) is 0 Å². The summed E-state index contributed by atoms with van der Waals surface area (Å²) in [7, 11) is 0. The number of hydrogen-bond donors (Lipinski definition) is 2. The van der Waals surface area contributed by atoms with Crippen molar-refractivity contribution in [3.8, 4) is 0 Å². The molecule has 0 fully saturated rings. The molecule has 37 heavy (non-hydrogen) atoms. The molecule has 220 valence electrons. The van der Waals surface area contributed by atoms with Crippen molar-refractivity contribution in [2.24, 2.45) is 5.41 Å². The van der Waals surface area contributed by atoms with Crippen LogP contribution in [0.1, 0.15) is 194 Å². The first-order chi connectivity index (χ1) is 17.8. The molecule has 0 aromatic heterocycles. The molecule has 0 rings (SSSR count). The summed E-state index contributed by atoms with van der Waals surface area (Å²) in [6.45, 7) is 4.94. The molecule has 0 aromatic rings. The average Bonchev–Trinajstić information content (AvgIpc) is 2.84. The number of carboxylic acid groups (broad SMARTS) is 2. The van der Waals surface area contributed by atoms with Crippen molar-refractivity contribution in [1.82, 2.24) is 0 Å². The first kappa shape index (κ1) is 35.9. The second kappa shape index (κ2) is 26.5. The molecule has 0 unspecified atom stereocenters. The molecule has 0 aliphatic carbocycles. The van der Waals surface area contributed by atoms with Crippen LogP contribution in [0.2, 0.25) is 0 Å². The number of rotatable bonds is 30. The Bertz CT molecular complexity index is 470. The lowest BCUT2D eigenvalue weighted by Crippen LogP contribution is -2.11. The first-order valence-corrected chi connectivity index (χ1v) is 16.3. The SMILES string of the molecule is CC(C)(CCCCCCCCCCCCCCC(=O)O)CCCCCCCCCCCCCCC(=O)O.